The van der Waals surface area contributed by atoms with Crippen LogP contribution in [0.3, 0.4) is 0 Å². The van der Waals surface area contributed by atoms with Gasteiger partial charge in [0.25, 0.3) is 5.78 Å². The molecule has 0 aromatic rings. The van der Waals surface area contributed by atoms with Crippen molar-refractivity contribution in [1.82, 2.24) is 5.32 Å². The molecule has 1 saturated carbocycles. The number of Topliss-reactive ketones (excluding diaryl/α,β-unsaturated/α-hetero) is 1. The van der Waals surface area contributed by atoms with Crippen molar-refractivity contribution < 1.29 is 27.9 Å². The fraction of sp³-hybridized carbons (Fsp3) is 0.667. The third-order valence-electron chi connectivity index (χ3n) is 3.90. The molecule has 0 aromatic heterocycles. The van der Waals surface area contributed by atoms with Crippen LogP contribution in [0.1, 0.15) is 32.6 Å². The molecule has 0 amide bonds. The minimum Gasteiger partial charge on any atom is -0.480 e. The zero-order valence-electron chi connectivity index (χ0n) is 10.3. The van der Waals surface area contributed by atoms with Gasteiger partial charge in [-0.3, -0.25) is 9.59 Å². The SMILES string of the molecule is CC(NC1=C(C(=O)C(F)(F)F)C2(CCC2)C1)C(=O)O. The Morgan fingerprint density at radius 2 is 1.95 bits per heavy atom. The summed E-state index contributed by atoms with van der Waals surface area (Å²) in [4.78, 5) is 22.1. The van der Waals surface area contributed by atoms with Crippen molar-refractivity contribution >= 4 is 11.8 Å². The predicted molar refractivity (Wildman–Crippen MR) is 59.2 cm³/mol. The summed E-state index contributed by atoms with van der Waals surface area (Å²) in [5, 5.41) is 11.2. The monoisotopic (exact) mass is 277 g/mol. The number of hydrogen-bond donors (Lipinski definition) is 2. The molecule has 106 valence electrons. The average molecular weight is 277 g/mol. The maximum Gasteiger partial charge on any atom is 0.454 e. The summed E-state index contributed by atoms with van der Waals surface area (Å²) in [6.45, 7) is 1.33. The van der Waals surface area contributed by atoms with E-state index in [1.165, 1.54) is 6.92 Å². The van der Waals surface area contributed by atoms with Gasteiger partial charge in [-0.1, -0.05) is 6.42 Å². The maximum atomic E-state index is 12.6. The molecule has 0 radical (unpaired) electrons. The number of carboxylic acids is 1. The number of carbonyl (C=O) groups is 2. The first kappa shape index (κ1) is 13.9. The number of nitrogens with one attached hydrogen (secondary N) is 1. The van der Waals surface area contributed by atoms with E-state index in [-0.39, 0.29) is 11.3 Å². The van der Waals surface area contributed by atoms with Crippen molar-refractivity contribution in [3.05, 3.63) is 11.3 Å². The van der Waals surface area contributed by atoms with Crippen LogP contribution in [0.15, 0.2) is 11.3 Å². The Bertz CT molecular complexity index is 463. The lowest BCUT2D eigenvalue weighted by Gasteiger charge is -2.52. The highest BCUT2D eigenvalue weighted by atomic mass is 19.4. The van der Waals surface area contributed by atoms with Crippen molar-refractivity contribution in [2.75, 3.05) is 0 Å². The van der Waals surface area contributed by atoms with Gasteiger partial charge in [0, 0.05) is 16.7 Å². The zero-order chi connectivity index (χ0) is 14.4. The van der Waals surface area contributed by atoms with E-state index < -0.39 is 29.4 Å². The first-order valence-electron chi connectivity index (χ1n) is 6.02. The Balaban J connectivity index is 2.25. The first-order chi connectivity index (χ1) is 8.67. The number of halogens is 3. The van der Waals surface area contributed by atoms with Crippen molar-refractivity contribution in [3.8, 4) is 0 Å². The van der Waals surface area contributed by atoms with Gasteiger partial charge >= 0.3 is 12.1 Å². The summed E-state index contributed by atoms with van der Waals surface area (Å²) in [5.41, 5.74) is -0.774. The number of allylic oxidation sites excluding steroid dienone is 2. The fourth-order valence-corrected chi connectivity index (χ4v) is 2.72. The van der Waals surface area contributed by atoms with E-state index >= 15 is 0 Å². The largest absolute Gasteiger partial charge is 0.480 e. The van der Waals surface area contributed by atoms with Gasteiger partial charge in [-0.25, -0.2) is 0 Å². The minimum absolute atomic E-state index is 0.136. The molecule has 7 heteroatoms. The molecule has 2 aliphatic carbocycles. The van der Waals surface area contributed by atoms with E-state index in [0.29, 0.717) is 19.3 Å². The Kier molecular flexibility index (Phi) is 3.10. The quantitative estimate of drug-likeness (QED) is 0.825. The van der Waals surface area contributed by atoms with Crippen molar-refractivity contribution in [2.45, 2.75) is 44.8 Å². The van der Waals surface area contributed by atoms with Crippen LogP contribution < -0.4 is 5.32 Å². The van der Waals surface area contributed by atoms with Crippen LogP contribution in [-0.2, 0) is 9.59 Å². The molecule has 1 spiro atoms. The normalized spacial score (nSPS) is 22.5. The van der Waals surface area contributed by atoms with Crippen LogP contribution in [-0.4, -0.2) is 29.1 Å². The Hall–Kier alpha value is -1.53. The summed E-state index contributed by atoms with van der Waals surface area (Å²) < 4.78 is 37.7. The molecule has 0 bridgehead atoms. The highest BCUT2D eigenvalue weighted by Crippen LogP contribution is 2.59. The highest BCUT2D eigenvalue weighted by Gasteiger charge is 2.57. The van der Waals surface area contributed by atoms with Crippen LogP contribution >= 0.6 is 0 Å². The lowest BCUT2D eigenvalue weighted by atomic mass is 9.53. The second-order valence-corrected chi connectivity index (χ2v) is 5.20. The van der Waals surface area contributed by atoms with E-state index in [4.69, 9.17) is 5.11 Å². The number of rotatable bonds is 4. The summed E-state index contributed by atoms with van der Waals surface area (Å²) in [5.74, 6) is -3.00. The number of hydrogen-bond acceptors (Lipinski definition) is 3. The molecule has 2 aliphatic rings. The van der Waals surface area contributed by atoms with E-state index in [2.05, 4.69) is 5.32 Å². The molecule has 1 atom stereocenters. The number of alkyl halides is 3. The topological polar surface area (TPSA) is 66.4 Å². The average Bonchev–Trinajstić information content (AvgIpc) is 2.18. The van der Waals surface area contributed by atoms with Crippen LogP contribution in [0.25, 0.3) is 0 Å². The summed E-state index contributed by atoms with van der Waals surface area (Å²) >= 11 is 0. The molecule has 19 heavy (non-hydrogen) atoms. The zero-order valence-corrected chi connectivity index (χ0v) is 10.3. The molecule has 0 heterocycles. The van der Waals surface area contributed by atoms with Gasteiger partial charge < -0.3 is 10.4 Å². The smallest absolute Gasteiger partial charge is 0.454 e. The summed E-state index contributed by atoms with van der Waals surface area (Å²) in [6, 6.07) is -1.01. The molecule has 2 rings (SSSR count). The van der Waals surface area contributed by atoms with Gasteiger partial charge in [-0.05, 0) is 26.2 Å². The molecule has 0 saturated heterocycles. The Labute approximate surface area is 107 Å². The third-order valence-corrected chi connectivity index (χ3v) is 3.90. The predicted octanol–water partition coefficient (Wildman–Crippen LogP) is 2.01. The second-order valence-electron chi connectivity index (χ2n) is 5.20. The highest BCUT2D eigenvalue weighted by molar-refractivity contribution is 6.03. The number of ketones is 1. The minimum atomic E-state index is -4.91. The van der Waals surface area contributed by atoms with Gasteiger partial charge in [0.1, 0.15) is 6.04 Å². The molecule has 1 unspecified atom stereocenters. The van der Waals surface area contributed by atoms with E-state index in [1.807, 2.05) is 0 Å². The maximum absolute atomic E-state index is 12.6. The van der Waals surface area contributed by atoms with Gasteiger partial charge in [-0.2, -0.15) is 13.2 Å². The van der Waals surface area contributed by atoms with Crippen molar-refractivity contribution in [3.63, 3.8) is 0 Å². The summed E-state index contributed by atoms with van der Waals surface area (Å²) in [6.07, 6.45) is -2.64. The Morgan fingerprint density at radius 1 is 1.37 bits per heavy atom. The molecular weight excluding hydrogens is 263 g/mol. The molecule has 0 aromatic carbocycles. The molecule has 4 nitrogen and oxygen atoms in total. The lowest BCUT2D eigenvalue weighted by molar-refractivity contribution is -0.169. The van der Waals surface area contributed by atoms with Gasteiger partial charge in [0.15, 0.2) is 0 Å². The molecule has 0 aliphatic heterocycles. The third kappa shape index (κ3) is 2.21. The van der Waals surface area contributed by atoms with Gasteiger partial charge in [0.05, 0.1) is 0 Å². The van der Waals surface area contributed by atoms with E-state index in [9.17, 15) is 22.8 Å². The van der Waals surface area contributed by atoms with Crippen LogP contribution in [0.5, 0.6) is 0 Å². The van der Waals surface area contributed by atoms with Crippen LogP contribution in [0, 0.1) is 5.41 Å². The lowest BCUT2D eigenvalue weighted by Crippen LogP contribution is -2.51. The number of aliphatic carboxylic acids is 1. The number of carboxylic acid groups (broad SMARTS) is 1. The first-order valence-corrected chi connectivity index (χ1v) is 6.02. The van der Waals surface area contributed by atoms with E-state index in [0.717, 1.165) is 6.42 Å². The van der Waals surface area contributed by atoms with Crippen LogP contribution in [0.2, 0.25) is 0 Å². The van der Waals surface area contributed by atoms with Crippen molar-refractivity contribution in [2.24, 2.45) is 5.41 Å². The molecule has 1 fully saturated rings. The molecule has 2 N–H and O–H groups in total. The fourth-order valence-electron chi connectivity index (χ4n) is 2.72. The van der Waals surface area contributed by atoms with E-state index in [1.54, 1.807) is 0 Å². The molecular formula is C12H14F3NO3. The second kappa shape index (κ2) is 4.25. The van der Waals surface area contributed by atoms with Gasteiger partial charge in [-0.15, -0.1) is 0 Å². The van der Waals surface area contributed by atoms with Gasteiger partial charge in [0.2, 0.25) is 0 Å². The summed E-state index contributed by atoms with van der Waals surface area (Å²) in [7, 11) is 0. The number of carbonyl (C=O) groups excluding carboxylic acids is 1. The van der Waals surface area contributed by atoms with Crippen LogP contribution in [0.4, 0.5) is 13.2 Å². The van der Waals surface area contributed by atoms with Crippen molar-refractivity contribution in [1.29, 1.82) is 0 Å². The standard InChI is InChI=1S/C12H14F3NO3/c1-6(10(18)19)16-7-5-11(3-2-4-11)8(7)9(17)12(13,14)15/h6,16H,2-5H2,1H3,(H,18,19). The Morgan fingerprint density at radius 3 is 2.32 bits per heavy atom.